The maximum atomic E-state index is 13.0. The molecule has 0 atom stereocenters. The topological polar surface area (TPSA) is 117 Å². The number of nitrogens with one attached hydrogen (secondary N) is 1. The Balaban J connectivity index is 1.66. The number of amides is 1. The molecule has 0 radical (unpaired) electrons. The molecule has 1 amide bonds. The summed E-state index contributed by atoms with van der Waals surface area (Å²) >= 11 is 6.09. The lowest BCUT2D eigenvalue weighted by Gasteiger charge is -2.03. The number of nitrogens with zero attached hydrogens (tertiary/aromatic N) is 5. The van der Waals surface area contributed by atoms with Crippen molar-refractivity contribution in [1.82, 2.24) is 19.6 Å². The minimum Gasteiger partial charge on any atom is -0.475 e. The number of ether oxygens (including phenoxy) is 1. The number of benzene rings is 1. The van der Waals surface area contributed by atoms with Crippen molar-refractivity contribution in [3.05, 3.63) is 63.2 Å². The average Bonchev–Trinajstić information content (AvgIpc) is 3.20. The van der Waals surface area contributed by atoms with Gasteiger partial charge in [0.25, 0.3) is 0 Å². The van der Waals surface area contributed by atoms with Crippen molar-refractivity contribution in [2.45, 2.75) is 13.1 Å². The van der Waals surface area contributed by atoms with Gasteiger partial charge in [-0.05, 0) is 17.7 Å². The Kier molecular flexibility index (Phi) is 5.54. The van der Waals surface area contributed by atoms with E-state index in [1.165, 1.54) is 30.1 Å². The van der Waals surface area contributed by atoms with E-state index in [1.54, 1.807) is 12.1 Å². The molecule has 0 saturated carbocycles. The highest BCUT2D eigenvalue weighted by atomic mass is 35.5. The van der Waals surface area contributed by atoms with Crippen molar-refractivity contribution in [2.75, 3.05) is 12.4 Å². The number of anilines is 1. The van der Waals surface area contributed by atoms with Gasteiger partial charge in [0.15, 0.2) is 5.82 Å². The second-order valence-electron chi connectivity index (χ2n) is 5.68. The predicted molar refractivity (Wildman–Crippen MR) is 96.8 cm³/mol. The van der Waals surface area contributed by atoms with Gasteiger partial charge in [0.2, 0.25) is 5.91 Å². The van der Waals surface area contributed by atoms with E-state index in [1.807, 2.05) is 0 Å². The molecule has 0 fully saturated rings. The van der Waals surface area contributed by atoms with Gasteiger partial charge in [0.05, 0.1) is 18.6 Å². The van der Waals surface area contributed by atoms with Crippen molar-refractivity contribution >= 4 is 29.0 Å². The summed E-state index contributed by atoms with van der Waals surface area (Å²) in [5.74, 6) is -0.943. The second kappa shape index (κ2) is 8.05. The Morgan fingerprint density at radius 2 is 2.00 bits per heavy atom. The molecule has 0 aliphatic rings. The van der Waals surface area contributed by atoms with Crippen LogP contribution < -0.4 is 10.1 Å². The number of aromatic nitrogens is 4. The second-order valence-corrected chi connectivity index (χ2v) is 6.08. The largest absolute Gasteiger partial charge is 0.475 e. The lowest BCUT2D eigenvalue weighted by Crippen LogP contribution is -2.19. The van der Waals surface area contributed by atoms with Gasteiger partial charge in [0.1, 0.15) is 23.6 Å². The Morgan fingerprint density at radius 1 is 1.29 bits per heavy atom. The van der Waals surface area contributed by atoms with Gasteiger partial charge >= 0.3 is 11.6 Å². The summed E-state index contributed by atoms with van der Waals surface area (Å²) in [6.07, 6.45) is 2.61. The average molecular weight is 409 g/mol. The van der Waals surface area contributed by atoms with E-state index in [-0.39, 0.29) is 34.8 Å². The number of halogens is 2. The first-order chi connectivity index (χ1) is 13.4. The zero-order valence-corrected chi connectivity index (χ0v) is 15.3. The molecule has 3 rings (SSSR count). The standard InChI is InChI=1S/C16H14ClFN6O4/c1-28-16-13(24(26)27)8-23(21-16)9-14(25)19-15-12(17)7-22(20-15)6-10-2-4-11(18)5-3-10/h2-5,7-8H,6,9H2,1H3,(H,19,20,25). The minimum atomic E-state index is -0.659. The number of nitro groups is 1. The molecule has 0 bridgehead atoms. The SMILES string of the molecule is COc1nn(CC(=O)Nc2nn(Cc3ccc(F)cc3)cc2Cl)cc1[N+](=O)[O-]. The third kappa shape index (κ3) is 4.43. The molecule has 3 aromatic rings. The smallest absolute Gasteiger partial charge is 0.350 e. The summed E-state index contributed by atoms with van der Waals surface area (Å²) in [6.45, 7) is 0.0315. The predicted octanol–water partition coefficient (Wildman–Crippen LogP) is 2.48. The molecule has 1 aromatic carbocycles. The normalized spacial score (nSPS) is 10.7. The first-order valence-corrected chi connectivity index (χ1v) is 8.26. The van der Waals surface area contributed by atoms with Crippen LogP contribution >= 0.6 is 11.6 Å². The maximum absolute atomic E-state index is 13.0. The first kappa shape index (κ1) is 19.3. The lowest BCUT2D eigenvalue weighted by molar-refractivity contribution is -0.385. The third-order valence-corrected chi connectivity index (χ3v) is 3.91. The van der Waals surface area contributed by atoms with Crippen LogP contribution in [0, 0.1) is 15.9 Å². The molecule has 0 unspecified atom stereocenters. The quantitative estimate of drug-likeness (QED) is 0.474. The fraction of sp³-hybridized carbons (Fsp3) is 0.188. The van der Waals surface area contributed by atoms with E-state index in [2.05, 4.69) is 15.5 Å². The van der Waals surface area contributed by atoms with Crippen LogP contribution in [0.2, 0.25) is 5.02 Å². The lowest BCUT2D eigenvalue weighted by atomic mass is 10.2. The molecule has 12 heteroatoms. The summed E-state index contributed by atoms with van der Waals surface area (Å²) in [7, 11) is 1.24. The molecule has 28 heavy (non-hydrogen) atoms. The minimum absolute atomic E-state index is 0.127. The maximum Gasteiger partial charge on any atom is 0.350 e. The van der Waals surface area contributed by atoms with E-state index < -0.39 is 10.8 Å². The Hall–Kier alpha value is -3.47. The Bertz CT molecular complexity index is 1020. The van der Waals surface area contributed by atoms with Gasteiger partial charge in [0, 0.05) is 6.20 Å². The summed E-state index contributed by atoms with van der Waals surface area (Å²) < 4.78 is 20.3. The Morgan fingerprint density at radius 3 is 2.61 bits per heavy atom. The van der Waals surface area contributed by atoms with Gasteiger partial charge in [-0.25, -0.2) is 4.39 Å². The highest BCUT2D eigenvalue weighted by Gasteiger charge is 2.21. The van der Waals surface area contributed by atoms with Crippen LogP contribution in [0.25, 0.3) is 0 Å². The van der Waals surface area contributed by atoms with Crippen molar-refractivity contribution in [3.63, 3.8) is 0 Å². The molecule has 2 aromatic heterocycles. The zero-order chi connectivity index (χ0) is 20.3. The van der Waals surface area contributed by atoms with E-state index in [0.29, 0.717) is 6.54 Å². The van der Waals surface area contributed by atoms with Crippen molar-refractivity contribution < 1.29 is 18.8 Å². The number of methoxy groups -OCH3 is 1. The molecular weight excluding hydrogens is 395 g/mol. The molecule has 0 spiro atoms. The summed E-state index contributed by atoms with van der Waals surface area (Å²) in [5.41, 5.74) is 0.450. The molecule has 146 valence electrons. The van der Waals surface area contributed by atoms with Crippen molar-refractivity contribution in [3.8, 4) is 5.88 Å². The molecule has 0 saturated heterocycles. The highest BCUT2D eigenvalue weighted by Crippen LogP contribution is 2.24. The number of hydrogen-bond donors (Lipinski definition) is 1. The van der Waals surface area contributed by atoms with E-state index in [4.69, 9.17) is 16.3 Å². The number of hydrogen-bond acceptors (Lipinski definition) is 6. The van der Waals surface area contributed by atoms with Crippen LogP contribution in [0.15, 0.2) is 36.7 Å². The molecule has 2 heterocycles. The van der Waals surface area contributed by atoms with Gasteiger partial charge in [-0.15, -0.1) is 5.10 Å². The van der Waals surface area contributed by atoms with Crippen LogP contribution in [0.5, 0.6) is 5.88 Å². The number of carbonyl (C=O) groups excluding carboxylic acids is 1. The van der Waals surface area contributed by atoms with Crippen LogP contribution in [0.4, 0.5) is 15.9 Å². The van der Waals surface area contributed by atoms with Crippen LogP contribution in [-0.2, 0) is 17.9 Å². The first-order valence-electron chi connectivity index (χ1n) is 7.89. The van der Waals surface area contributed by atoms with Gasteiger partial charge in [-0.1, -0.05) is 23.7 Å². The van der Waals surface area contributed by atoms with Crippen molar-refractivity contribution in [2.24, 2.45) is 0 Å². The summed E-state index contributed by atoms with van der Waals surface area (Å²) in [4.78, 5) is 22.4. The van der Waals surface area contributed by atoms with Crippen LogP contribution in [0.1, 0.15) is 5.56 Å². The molecular formula is C16H14ClFN6O4. The summed E-state index contributed by atoms with van der Waals surface area (Å²) in [6, 6.07) is 5.89. The van der Waals surface area contributed by atoms with E-state index >= 15 is 0 Å². The Labute approximate surface area is 162 Å². The highest BCUT2D eigenvalue weighted by molar-refractivity contribution is 6.33. The van der Waals surface area contributed by atoms with E-state index in [0.717, 1.165) is 16.4 Å². The van der Waals surface area contributed by atoms with E-state index in [9.17, 15) is 19.3 Å². The van der Waals surface area contributed by atoms with Gasteiger partial charge in [-0.3, -0.25) is 24.3 Å². The molecule has 10 nitrogen and oxygen atoms in total. The van der Waals surface area contributed by atoms with Gasteiger partial charge in [-0.2, -0.15) is 5.10 Å². The fourth-order valence-electron chi connectivity index (χ4n) is 2.40. The molecule has 0 aliphatic carbocycles. The fourth-order valence-corrected chi connectivity index (χ4v) is 2.60. The molecule has 1 N–H and O–H groups in total. The van der Waals surface area contributed by atoms with Crippen LogP contribution in [-0.4, -0.2) is 37.5 Å². The third-order valence-electron chi connectivity index (χ3n) is 3.64. The summed E-state index contributed by atoms with van der Waals surface area (Å²) in [5, 5.41) is 21.6. The molecule has 0 aliphatic heterocycles. The number of carbonyl (C=O) groups is 1. The zero-order valence-electron chi connectivity index (χ0n) is 14.5. The monoisotopic (exact) mass is 408 g/mol. The number of rotatable bonds is 7. The van der Waals surface area contributed by atoms with Crippen LogP contribution in [0.3, 0.4) is 0 Å². The van der Waals surface area contributed by atoms with Gasteiger partial charge < -0.3 is 10.1 Å². The van der Waals surface area contributed by atoms with Crippen molar-refractivity contribution in [1.29, 1.82) is 0 Å².